The highest BCUT2D eigenvalue weighted by molar-refractivity contribution is 7.90. The molecule has 28 heavy (non-hydrogen) atoms. The van der Waals surface area contributed by atoms with Gasteiger partial charge in [0.1, 0.15) is 5.69 Å². The van der Waals surface area contributed by atoms with Crippen LogP contribution in [0.15, 0.2) is 58.8 Å². The number of nitrogens with zero attached hydrogens (tertiary/aromatic N) is 2. The molecule has 0 bridgehead atoms. The Kier molecular flexibility index (Phi) is 5.66. The van der Waals surface area contributed by atoms with Gasteiger partial charge in [0.25, 0.3) is 5.91 Å². The number of sulfone groups is 1. The Labute approximate surface area is 168 Å². The summed E-state index contributed by atoms with van der Waals surface area (Å²) in [7, 11) is 0.668. The first-order valence-electron chi connectivity index (χ1n) is 8.34. The summed E-state index contributed by atoms with van der Waals surface area (Å²) in [5.41, 5.74) is 2.72. The van der Waals surface area contributed by atoms with E-state index in [2.05, 4.69) is 15.6 Å². The van der Waals surface area contributed by atoms with Gasteiger partial charge in [-0.15, -0.1) is 11.3 Å². The first-order valence-corrected chi connectivity index (χ1v) is 11.1. The highest BCUT2D eigenvalue weighted by Gasteiger charge is 2.12. The van der Waals surface area contributed by atoms with Crippen LogP contribution in [0.3, 0.4) is 0 Å². The zero-order valence-electron chi connectivity index (χ0n) is 15.6. The molecule has 0 spiro atoms. The van der Waals surface area contributed by atoms with E-state index in [-0.39, 0.29) is 10.8 Å². The molecule has 0 fully saturated rings. The molecule has 2 N–H and O–H groups in total. The number of hydrogen-bond acceptors (Lipinski definition) is 7. The Morgan fingerprint density at radius 1 is 1.00 bits per heavy atom. The zero-order chi connectivity index (χ0) is 20.3. The van der Waals surface area contributed by atoms with Crippen molar-refractivity contribution >= 4 is 49.3 Å². The van der Waals surface area contributed by atoms with E-state index in [9.17, 15) is 13.2 Å². The van der Waals surface area contributed by atoms with E-state index in [0.717, 1.165) is 11.9 Å². The van der Waals surface area contributed by atoms with Crippen molar-refractivity contribution in [2.24, 2.45) is 0 Å². The molecule has 1 amide bonds. The van der Waals surface area contributed by atoms with E-state index in [1.807, 2.05) is 43.3 Å². The summed E-state index contributed by atoms with van der Waals surface area (Å²) in [6, 6.07) is 13.9. The number of thiazole rings is 1. The van der Waals surface area contributed by atoms with Gasteiger partial charge in [-0.25, -0.2) is 13.4 Å². The molecule has 0 radical (unpaired) electrons. The van der Waals surface area contributed by atoms with Gasteiger partial charge in [0.05, 0.1) is 4.90 Å². The maximum atomic E-state index is 12.4. The van der Waals surface area contributed by atoms with Crippen molar-refractivity contribution in [3.63, 3.8) is 0 Å². The molecular formula is C19H20N4O3S2. The van der Waals surface area contributed by atoms with Gasteiger partial charge in [-0.2, -0.15) is 0 Å². The highest BCUT2D eigenvalue weighted by atomic mass is 32.2. The van der Waals surface area contributed by atoms with E-state index in [1.54, 1.807) is 17.5 Å². The fourth-order valence-electron chi connectivity index (χ4n) is 2.38. The summed E-state index contributed by atoms with van der Waals surface area (Å²) in [5.74, 6) is -0.297. The van der Waals surface area contributed by atoms with Crippen LogP contribution in [-0.4, -0.2) is 39.7 Å². The molecule has 0 saturated carbocycles. The Morgan fingerprint density at radius 2 is 1.61 bits per heavy atom. The Hall–Kier alpha value is -2.91. The second-order valence-electron chi connectivity index (χ2n) is 6.35. The lowest BCUT2D eigenvalue weighted by molar-refractivity contribution is 0.102. The van der Waals surface area contributed by atoms with E-state index < -0.39 is 9.84 Å². The van der Waals surface area contributed by atoms with Gasteiger partial charge in [0, 0.05) is 42.8 Å². The minimum Gasteiger partial charge on any atom is -0.378 e. The van der Waals surface area contributed by atoms with E-state index in [4.69, 9.17) is 0 Å². The third-order valence-corrected chi connectivity index (χ3v) is 5.80. The number of hydrogen-bond donors (Lipinski definition) is 2. The Morgan fingerprint density at radius 3 is 2.18 bits per heavy atom. The van der Waals surface area contributed by atoms with Crippen LogP contribution < -0.4 is 15.5 Å². The van der Waals surface area contributed by atoms with Crippen LogP contribution in [0.25, 0.3) is 0 Å². The van der Waals surface area contributed by atoms with Crippen LogP contribution in [0.2, 0.25) is 0 Å². The maximum Gasteiger partial charge on any atom is 0.275 e. The lowest BCUT2D eigenvalue weighted by atomic mass is 10.2. The average Bonchev–Trinajstić information content (AvgIpc) is 3.10. The third kappa shape index (κ3) is 4.87. The fraction of sp³-hybridized carbons (Fsp3) is 0.158. The molecule has 9 heteroatoms. The zero-order valence-corrected chi connectivity index (χ0v) is 17.3. The summed E-state index contributed by atoms with van der Waals surface area (Å²) >= 11 is 1.29. The summed E-state index contributed by atoms with van der Waals surface area (Å²) < 4.78 is 23.0. The molecule has 3 aromatic rings. The molecule has 146 valence electrons. The number of aromatic nitrogens is 1. The number of rotatable bonds is 6. The van der Waals surface area contributed by atoms with Gasteiger partial charge in [-0.05, 0) is 48.5 Å². The fourth-order valence-corrected chi connectivity index (χ4v) is 3.72. The molecule has 0 saturated heterocycles. The SMILES string of the molecule is CN(C)c1ccc(NC(=O)c2csc(Nc3ccc(S(C)(=O)=O)cc3)n2)cc1. The standard InChI is InChI=1S/C19H20N4O3S2/c1-23(2)15-8-4-13(5-9-15)20-18(24)17-12-27-19(22-17)21-14-6-10-16(11-7-14)28(3,25)26/h4-12H,1-3H3,(H,20,24)(H,21,22). The number of amides is 1. The van der Waals surface area contributed by atoms with E-state index in [0.29, 0.717) is 22.2 Å². The van der Waals surface area contributed by atoms with Gasteiger partial charge in [0.2, 0.25) is 0 Å². The number of anilines is 4. The number of carbonyl (C=O) groups is 1. The van der Waals surface area contributed by atoms with Crippen molar-refractivity contribution in [1.29, 1.82) is 0 Å². The van der Waals surface area contributed by atoms with Crippen LogP contribution >= 0.6 is 11.3 Å². The first-order chi connectivity index (χ1) is 13.2. The normalized spacial score (nSPS) is 11.1. The molecule has 3 rings (SSSR count). The molecule has 1 aromatic heterocycles. The molecule has 0 aliphatic carbocycles. The second kappa shape index (κ2) is 7.99. The maximum absolute atomic E-state index is 12.4. The summed E-state index contributed by atoms with van der Waals surface area (Å²) in [4.78, 5) is 18.9. The molecule has 7 nitrogen and oxygen atoms in total. The first kappa shape index (κ1) is 19.8. The summed E-state index contributed by atoms with van der Waals surface area (Å²) in [6.45, 7) is 0. The van der Waals surface area contributed by atoms with Crippen molar-refractivity contribution in [2.75, 3.05) is 35.9 Å². The minimum absolute atomic E-state index is 0.248. The van der Waals surface area contributed by atoms with Crippen LogP contribution in [0.5, 0.6) is 0 Å². The Balaban J connectivity index is 1.65. The van der Waals surface area contributed by atoms with Crippen molar-refractivity contribution in [1.82, 2.24) is 4.98 Å². The predicted octanol–water partition coefficient (Wildman–Crippen LogP) is 3.61. The molecule has 0 aliphatic rings. The molecule has 1 heterocycles. The molecular weight excluding hydrogens is 396 g/mol. The molecule has 0 atom stereocenters. The summed E-state index contributed by atoms with van der Waals surface area (Å²) in [5, 5.41) is 8.09. The largest absolute Gasteiger partial charge is 0.378 e. The van der Waals surface area contributed by atoms with Crippen molar-refractivity contribution in [2.45, 2.75) is 4.90 Å². The second-order valence-corrected chi connectivity index (χ2v) is 9.23. The molecule has 0 aliphatic heterocycles. The van der Waals surface area contributed by atoms with Crippen LogP contribution in [0, 0.1) is 0 Å². The monoisotopic (exact) mass is 416 g/mol. The van der Waals surface area contributed by atoms with E-state index in [1.165, 1.54) is 23.5 Å². The number of carbonyl (C=O) groups excluding carboxylic acids is 1. The topological polar surface area (TPSA) is 91.4 Å². The lowest BCUT2D eigenvalue weighted by Crippen LogP contribution is -2.13. The molecule has 2 aromatic carbocycles. The van der Waals surface area contributed by atoms with E-state index >= 15 is 0 Å². The predicted molar refractivity (Wildman–Crippen MR) is 114 cm³/mol. The van der Waals surface area contributed by atoms with Gasteiger partial charge in [-0.1, -0.05) is 0 Å². The number of benzene rings is 2. The quantitative estimate of drug-likeness (QED) is 0.638. The minimum atomic E-state index is -3.23. The van der Waals surface area contributed by atoms with Gasteiger partial charge in [0.15, 0.2) is 15.0 Å². The Bertz CT molecular complexity index is 1070. The van der Waals surface area contributed by atoms with Crippen LogP contribution in [0.1, 0.15) is 10.5 Å². The van der Waals surface area contributed by atoms with Crippen molar-refractivity contribution in [3.8, 4) is 0 Å². The van der Waals surface area contributed by atoms with Crippen molar-refractivity contribution < 1.29 is 13.2 Å². The van der Waals surface area contributed by atoms with Gasteiger partial charge >= 0.3 is 0 Å². The lowest BCUT2D eigenvalue weighted by Gasteiger charge is -2.12. The highest BCUT2D eigenvalue weighted by Crippen LogP contribution is 2.23. The van der Waals surface area contributed by atoms with Crippen LogP contribution in [0.4, 0.5) is 22.2 Å². The number of nitrogens with one attached hydrogen (secondary N) is 2. The third-order valence-electron chi connectivity index (χ3n) is 3.91. The summed E-state index contributed by atoms with van der Waals surface area (Å²) in [6.07, 6.45) is 1.16. The van der Waals surface area contributed by atoms with Gasteiger partial charge < -0.3 is 15.5 Å². The van der Waals surface area contributed by atoms with Crippen molar-refractivity contribution in [3.05, 3.63) is 59.6 Å². The average molecular weight is 417 g/mol. The smallest absolute Gasteiger partial charge is 0.275 e. The molecule has 0 unspecified atom stereocenters. The van der Waals surface area contributed by atoms with Gasteiger partial charge in [-0.3, -0.25) is 4.79 Å². The van der Waals surface area contributed by atoms with Crippen LogP contribution in [-0.2, 0) is 9.84 Å².